The average Bonchev–Trinajstić information content (AvgIpc) is 2.68. The zero-order valence-corrected chi connectivity index (χ0v) is 23.9. The van der Waals surface area contributed by atoms with E-state index < -0.39 is 17.9 Å². The van der Waals surface area contributed by atoms with Gasteiger partial charge in [0.15, 0.2) is 0 Å². The molecule has 0 amide bonds. The minimum atomic E-state index is -0.920. The van der Waals surface area contributed by atoms with Crippen LogP contribution in [0.1, 0.15) is 136 Å². The van der Waals surface area contributed by atoms with Gasteiger partial charge in [0.1, 0.15) is 0 Å². The van der Waals surface area contributed by atoms with Gasteiger partial charge < -0.3 is 24.9 Å². The summed E-state index contributed by atoms with van der Waals surface area (Å²) in [4.78, 5) is 29.9. The predicted molar refractivity (Wildman–Crippen MR) is 124 cm³/mol. The van der Waals surface area contributed by atoms with E-state index in [1.165, 1.54) is 44.9 Å². The molecule has 0 atom stereocenters. The number of carboxylic acid groups (broad SMARTS) is 3. The average molecular weight is 518 g/mol. The minimum absolute atomic E-state index is 0. The largest absolute Gasteiger partial charge is 2.00 e. The van der Waals surface area contributed by atoms with Crippen LogP contribution >= 0.6 is 0 Å². The summed E-state index contributed by atoms with van der Waals surface area (Å²) in [5.74, 6) is -2.51. The molecule has 31 heavy (non-hydrogen) atoms. The van der Waals surface area contributed by atoms with Crippen LogP contribution in [0.25, 0.3) is 0 Å². The fourth-order valence-electron chi connectivity index (χ4n) is 2.63. The van der Waals surface area contributed by atoms with Crippen molar-refractivity contribution in [1.82, 2.24) is 0 Å². The molecule has 0 radical (unpaired) electrons. The van der Waals surface area contributed by atoms with E-state index in [0.29, 0.717) is 6.42 Å². The topological polar surface area (TPSA) is 118 Å². The number of unbranched alkanes of at least 4 members (excludes halogenated alkanes) is 12. The van der Waals surface area contributed by atoms with Gasteiger partial charge in [0.25, 0.3) is 0 Å². The quantitative estimate of drug-likeness (QED) is 0.214. The van der Waals surface area contributed by atoms with Crippen LogP contribution in [0.3, 0.4) is 0 Å². The Labute approximate surface area is 227 Å². The molecule has 180 valence electrons. The second-order valence-corrected chi connectivity index (χ2v) is 7.63. The third-order valence-corrected chi connectivity index (χ3v) is 4.46. The zero-order valence-electron chi connectivity index (χ0n) is 20.4. The van der Waals surface area contributed by atoms with Crippen molar-refractivity contribution in [3.05, 3.63) is 0 Å². The summed E-state index contributed by atoms with van der Waals surface area (Å²) >= 11 is 0. The maximum atomic E-state index is 10.0. The van der Waals surface area contributed by atoms with Gasteiger partial charge in [0.2, 0.25) is 0 Å². The molecule has 0 aromatic carbocycles. The molecule has 0 aromatic heterocycles. The molecule has 0 saturated carbocycles. The van der Waals surface area contributed by atoms with Crippen molar-refractivity contribution in [2.24, 2.45) is 0 Å². The van der Waals surface area contributed by atoms with E-state index in [0.717, 1.165) is 51.4 Å². The summed E-state index contributed by atoms with van der Waals surface area (Å²) in [7, 11) is 0. The molecule has 0 aromatic rings. The Balaban J connectivity index is -0.000000174. The minimum Gasteiger partial charge on any atom is -0.550 e. The monoisotopic (exact) mass is 518 g/mol. The van der Waals surface area contributed by atoms with Gasteiger partial charge in [0, 0.05) is 18.4 Å². The number of hydrogen-bond donors (Lipinski definition) is 1. The summed E-state index contributed by atoms with van der Waals surface area (Å²) in [6.45, 7) is 6.43. The van der Waals surface area contributed by atoms with Gasteiger partial charge in [-0.2, -0.15) is 0 Å². The first kappa shape index (κ1) is 38.2. The number of carboxylic acids is 3. The molecular weight excluding hydrogens is 472 g/mol. The Bertz CT molecular complexity index is 331. The molecule has 0 aliphatic rings. The van der Waals surface area contributed by atoms with Crippen molar-refractivity contribution in [1.29, 1.82) is 0 Å². The van der Waals surface area contributed by atoms with Gasteiger partial charge in [-0.1, -0.05) is 97.8 Å². The number of carbonyl (C=O) groups excluding carboxylic acids is 2. The summed E-state index contributed by atoms with van der Waals surface area (Å²) in [6.07, 6.45) is 17.1. The standard InChI is InChI=1S/3C8H16O2.Sr/c3*1-2-3-4-5-6-7-8(9)10;/h3*2-7H2,1H3,(H,9,10);/q;;;+2/p-2. The molecule has 0 fully saturated rings. The van der Waals surface area contributed by atoms with Gasteiger partial charge in [-0.25, -0.2) is 0 Å². The van der Waals surface area contributed by atoms with Crippen LogP contribution < -0.4 is 10.2 Å². The number of rotatable bonds is 18. The van der Waals surface area contributed by atoms with Crippen molar-refractivity contribution in [2.75, 3.05) is 0 Å². The van der Waals surface area contributed by atoms with Gasteiger partial charge in [-0.05, 0) is 32.1 Å². The van der Waals surface area contributed by atoms with Crippen molar-refractivity contribution in [3.63, 3.8) is 0 Å². The number of hydrogen-bond acceptors (Lipinski definition) is 5. The molecule has 0 aliphatic heterocycles. The smallest absolute Gasteiger partial charge is 0.550 e. The molecule has 6 nitrogen and oxygen atoms in total. The van der Waals surface area contributed by atoms with Crippen LogP contribution in [0.15, 0.2) is 0 Å². The van der Waals surface area contributed by atoms with Crippen molar-refractivity contribution < 1.29 is 29.7 Å². The normalized spacial score (nSPS) is 9.39. The Kier molecular flexibility index (Phi) is 42.5. The Hall–Kier alpha value is -0.109. The summed E-state index contributed by atoms with van der Waals surface area (Å²) in [5, 5.41) is 28.1. The first-order valence-corrected chi connectivity index (χ1v) is 11.9. The van der Waals surface area contributed by atoms with Crippen LogP contribution in [0, 0.1) is 0 Å². The van der Waals surface area contributed by atoms with Gasteiger partial charge in [-0.3, -0.25) is 4.79 Å². The Morgan fingerprint density at radius 2 is 0.774 bits per heavy atom. The fraction of sp³-hybridized carbons (Fsp3) is 0.875. The van der Waals surface area contributed by atoms with E-state index in [-0.39, 0.29) is 58.3 Å². The fourth-order valence-corrected chi connectivity index (χ4v) is 2.63. The molecular formula is C24H46O6Sr. The van der Waals surface area contributed by atoms with Crippen LogP contribution in [0.4, 0.5) is 0 Å². The van der Waals surface area contributed by atoms with Crippen LogP contribution in [-0.2, 0) is 14.4 Å². The summed E-state index contributed by atoms with van der Waals surface area (Å²) in [6, 6.07) is 0. The zero-order chi connectivity index (χ0) is 23.5. The van der Waals surface area contributed by atoms with E-state index in [1.807, 2.05) is 0 Å². The predicted octanol–water partition coefficient (Wildman–Crippen LogP) is 4.24. The van der Waals surface area contributed by atoms with E-state index in [2.05, 4.69) is 20.8 Å². The van der Waals surface area contributed by atoms with E-state index in [1.54, 1.807) is 0 Å². The first-order valence-electron chi connectivity index (χ1n) is 11.9. The molecule has 0 bridgehead atoms. The van der Waals surface area contributed by atoms with E-state index >= 15 is 0 Å². The van der Waals surface area contributed by atoms with Crippen LogP contribution in [0.2, 0.25) is 0 Å². The summed E-state index contributed by atoms with van der Waals surface area (Å²) in [5.41, 5.74) is 0. The molecule has 0 aliphatic carbocycles. The Morgan fingerprint density at radius 1 is 0.516 bits per heavy atom. The molecule has 0 unspecified atom stereocenters. The van der Waals surface area contributed by atoms with Crippen LogP contribution in [-0.4, -0.2) is 68.5 Å². The number of aliphatic carboxylic acids is 3. The summed E-state index contributed by atoms with van der Waals surface area (Å²) < 4.78 is 0. The molecule has 0 saturated heterocycles. The molecule has 7 heteroatoms. The molecule has 1 N–H and O–H groups in total. The van der Waals surface area contributed by atoms with Gasteiger partial charge in [-0.15, -0.1) is 0 Å². The van der Waals surface area contributed by atoms with E-state index in [4.69, 9.17) is 5.11 Å². The number of carbonyl (C=O) groups is 3. The first-order chi connectivity index (χ1) is 14.3. The van der Waals surface area contributed by atoms with Crippen LogP contribution in [0.5, 0.6) is 0 Å². The second kappa shape index (κ2) is 34.5. The Morgan fingerprint density at radius 3 is 1.00 bits per heavy atom. The molecule has 0 heterocycles. The van der Waals surface area contributed by atoms with E-state index in [9.17, 15) is 24.6 Å². The maximum absolute atomic E-state index is 10.0. The van der Waals surface area contributed by atoms with Gasteiger partial charge >= 0.3 is 51.5 Å². The second-order valence-electron chi connectivity index (χ2n) is 7.63. The third-order valence-electron chi connectivity index (χ3n) is 4.46. The van der Waals surface area contributed by atoms with Crippen molar-refractivity contribution >= 4 is 63.4 Å². The van der Waals surface area contributed by atoms with Crippen molar-refractivity contribution in [2.45, 2.75) is 136 Å². The third kappa shape index (κ3) is 53.3. The van der Waals surface area contributed by atoms with Gasteiger partial charge in [0.05, 0.1) is 0 Å². The van der Waals surface area contributed by atoms with Crippen molar-refractivity contribution in [3.8, 4) is 0 Å². The maximum Gasteiger partial charge on any atom is 2.00 e. The molecule has 0 spiro atoms. The molecule has 0 rings (SSSR count). The SMILES string of the molecule is CCCCCCCC(=O)O.CCCCCCCC(=O)[O-].CCCCCCCC(=O)[O-].[Sr+2].